The second-order valence-electron chi connectivity index (χ2n) is 8.56. The number of benzene rings is 3. The van der Waals surface area contributed by atoms with E-state index in [1.54, 1.807) is 37.4 Å². The van der Waals surface area contributed by atoms with E-state index in [9.17, 15) is 9.59 Å². The van der Waals surface area contributed by atoms with Crippen molar-refractivity contribution in [1.29, 1.82) is 0 Å². The molecule has 0 aliphatic heterocycles. The zero-order chi connectivity index (χ0) is 27.6. The van der Waals surface area contributed by atoms with Crippen molar-refractivity contribution in [2.45, 2.75) is 19.4 Å². The maximum absolute atomic E-state index is 14.2. The Morgan fingerprint density at radius 3 is 1.53 bits per heavy atom. The fourth-order valence-electron chi connectivity index (χ4n) is 4.73. The van der Waals surface area contributed by atoms with Gasteiger partial charge in [-0.25, -0.2) is 0 Å². The summed E-state index contributed by atoms with van der Waals surface area (Å²) in [6.45, 7) is 1.32. The van der Waals surface area contributed by atoms with Gasteiger partial charge < -0.3 is 33.2 Å². The van der Waals surface area contributed by atoms with Crippen molar-refractivity contribution in [2.75, 3.05) is 42.7 Å². The highest BCUT2D eigenvalue weighted by Gasteiger charge is 2.33. The van der Waals surface area contributed by atoms with Crippen molar-refractivity contribution in [3.63, 3.8) is 0 Å². The Hall–Kier alpha value is -4.40. The van der Waals surface area contributed by atoms with Crippen molar-refractivity contribution in [1.82, 2.24) is 0 Å². The zero-order valence-corrected chi connectivity index (χ0v) is 22.4. The van der Waals surface area contributed by atoms with E-state index < -0.39 is 12.1 Å². The molecular formula is C29H30O9. The molecule has 1 aliphatic carbocycles. The van der Waals surface area contributed by atoms with Gasteiger partial charge in [-0.1, -0.05) is 0 Å². The Bertz CT molecular complexity index is 1390. The van der Waals surface area contributed by atoms with Gasteiger partial charge in [0.25, 0.3) is 0 Å². The van der Waals surface area contributed by atoms with Crippen LogP contribution in [0.25, 0.3) is 0 Å². The number of fused-ring (bicyclic) bond motifs is 3. The van der Waals surface area contributed by atoms with E-state index in [-0.39, 0.29) is 11.3 Å². The minimum atomic E-state index is -0.959. The van der Waals surface area contributed by atoms with Gasteiger partial charge in [-0.2, -0.15) is 0 Å². The fourth-order valence-corrected chi connectivity index (χ4v) is 4.73. The van der Waals surface area contributed by atoms with Gasteiger partial charge in [0.05, 0.1) is 42.7 Å². The van der Waals surface area contributed by atoms with E-state index in [1.807, 2.05) is 6.07 Å². The molecule has 38 heavy (non-hydrogen) atoms. The minimum Gasteiger partial charge on any atom is -0.493 e. The van der Waals surface area contributed by atoms with Gasteiger partial charge in [-0.05, 0) is 53.9 Å². The number of carbonyl (C=O) groups excluding carboxylic acids is 2. The number of ketones is 1. The molecule has 0 heterocycles. The fraction of sp³-hybridized carbons (Fsp3) is 0.310. The van der Waals surface area contributed by atoms with Crippen LogP contribution in [0.2, 0.25) is 0 Å². The van der Waals surface area contributed by atoms with Crippen molar-refractivity contribution < 1.29 is 42.7 Å². The molecule has 0 radical (unpaired) electrons. The average molecular weight is 523 g/mol. The summed E-state index contributed by atoms with van der Waals surface area (Å²) in [5.74, 6) is 1.73. The molecule has 0 amide bonds. The van der Waals surface area contributed by atoms with Crippen LogP contribution in [0.15, 0.2) is 36.4 Å². The van der Waals surface area contributed by atoms with Gasteiger partial charge in [-0.3, -0.25) is 9.59 Å². The number of rotatable bonds is 7. The zero-order valence-electron chi connectivity index (χ0n) is 22.4. The first-order chi connectivity index (χ1) is 18.3. The van der Waals surface area contributed by atoms with Gasteiger partial charge in [0.1, 0.15) is 0 Å². The maximum atomic E-state index is 14.2. The van der Waals surface area contributed by atoms with Gasteiger partial charge >= 0.3 is 5.97 Å². The lowest BCUT2D eigenvalue weighted by atomic mass is 9.91. The summed E-state index contributed by atoms with van der Waals surface area (Å²) in [6.07, 6.45) is -0.656. The summed E-state index contributed by atoms with van der Waals surface area (Å²) in [5, 5.41) is 0. The number of esters is 1. The number of methoxy groups -OCH3 is 6. The van der Waals surface area contributed by atoms with Gasteiger partial charge in [0, 0.05) is 29.2 Å². The lowest BCUT2D eigenvalue weighted by Crippen LogP contribution is -2.16. The first-order valence-corrected chi connectivity index (χ1v) is 11.8. The minimum absolute atomic E-state index is 0.282. The number of hydrogen-bond acceptors (Lipinski definition) is 9. The monoisotopic (exact) mass is 522 g/mol. The van der Waals surface area contributed by atoms with E-state index in [1.165, 1.54) is 42.5 Å². The van der Waals surface area contributed by atoms with Crippen LogP contribution in [0.5, 0.6) is 34.5 Å². The van der Waals surface area contributed by atoms with Crippen LogP contribution in [0, 0.1) is 0 Å². The predicted molar refractivity (Wildman–Crippen MR) is 138 cm³/mol. The number of carbonyl (C=O) groups is 2. The van der Waals surface area contributed by atoms with E-state index in [2.05, 4.69) is 0 Å². The van der Waals surface area contributed by atoms with Crippen LogP contribution < -0.4 is 28.4 Å². The second-order valence-corrected chi connectivity index (χ2v) is 8.56. The molecule has 200 valence electrons. The highest BCUT2D eigenvalue weighted by Crippen LogP contribution is 2.45. The van der Waals surface area contributed by atoms with E-state index in [0.717, 1.165) is 5.56 Å². The Morgan fingerprint density at radius 2 is 1.03 bits per heavy atom. The molecule has 1 unspecified atom stereocenters. The molecule has 0 saturated carbocycles. The molecule has 4 rings (SSSR count). The summed E-state index contributed by atoms with van der Waals surface area (Å²) in [4.78, 5) is 26.6. The van der Waals surface area contributed by atoms with Crippen molar-refractivity contribution in [3.05, 3.63) is 69.8 Å². The Morgan fingerprint density at radius 1 is 0.605 bits per heavy atom. The molecule has 9 heteroatoms. The summed E-state index contributed by atoms with van der Waals surface area (Å²) in [6, 6.07) is 10.3. The number of hydrogen-bond donors (Lipinski definition) is 0. The molecule has 1 aliphatic rings. The molecule has 0 saturated heterocycles. The van der Waals surface area contributed by atoms with Crippen LogP contribution >= 0.6 is 0 Å². The van der Waals surface area contributed by atoms with Crippen LogP contribution in [-0.2, 0) is 16.0 Å². The standard InChI is InChI=1S/C29H30O9/c1-15(30)38-29-19-12-25(35-5)23(33-3)10-17(19)8-16-9-22(32-2)24(34-4)11-18(16)28(31)20-13-26(36-6)27(37-7)14-21(20)29/h9-14,29H,8H2,1-7H3. The molecule has 9 nitrogen and oxygen atoms in total. The Balaban J connectivity index is 2.16. The molecule has 3 aromatic carbocycles. The maximum Gasteiger partial charge on any atom is 0.303 e. The summed E-state index contributed by atoms with van der Waals surface area (Å²) < 4.78 is 39.1. The third-order valence-electron chi connectivity index (χ3n) is 6.53. The lowest BCUT2D eigenvalue weighted by molar-refractivity contribution is -0.144. The number of ether oxygens (including phenoxy) is 7. The average Bonchev–Trinajstić information content (AvgIpc) is 2.96. The smallest absolute Gasteiger partial charge is 0.303 e. The van der Waals surface area contributed by atoms with Crippen LogP contribution in [0.3, 0.4) is 0 Å². The van der Waals surface area contributed by atoms with Crippen molar-refractivity contribution >= 4 is 11.8 Å². The van der Waals surface area contributed by atoms with Crippen LogP contribution in [0.1, 0.15) is 51.2 Å². The lowest BCUT2D eigenvalue weighted by Gasteiger charge is -2.24. The summed E-state index contributed by atoms with van der Waals surface area (Å²) >= 11 is 0. The van der Waals surface area contributed by atoms with Gasteiger partial charge in [0.15, 0.2) is 46.4 Å². The molecule has 0 fully saturated rings. The Labute approximate surface area is 221 Å². The first kappa shape index (κ1) is 26.7. The summed E-state index contributed by atoms with van der Waals surface area (Å²) in [7, 11) is 9.10. The third kappa shape index (κ3) is 4.67. The molecule has 0 bridgehead atoms. The van der Waals surface area contributed by atoms with Crippen LogP contribution in [0.4, 0.5) is 0 Å². The third-order valence-corrected chi connectivity index (χ3v) is 6.53. The van der Waals surface area contributed by atoms with Gasteiger partial charge in [-0.15, -0.1) is 0 Å². The van der Waals surface area contributed by atoms with Crippen molar-refractivity contribution in [2.24, 2.45) is 0 Å². The normalized spacial score (nSPS) is 14.0. The topological polar surface area (TPSA) is 98.8 Å². The second kappa shape index (κ2) is 10.9. The van der Waals surface area contributed by atoms with Crippen LogP contribution in [-0.4, -0.2) is 54.4 Å². The molecule has 0 spiro atoms. The summed E-state index contributed by atoms with van der Waals surface area (Å²) in [5.41, 5.74) is 3.19. The Kier molecular flexibility index (Phi) is 7.66. The van der Waals surface area contributed by atoms with E-state index in [0.29, 0.717) is 63.2 Å². The molecule has 3 aromatic rings. The molecular weight excluding hydrogens is 492 g/mol. The largest absolute Gasteiger partial charge is 0.493 e. The first-order valence-electron chi connectivity index (χ1n) is 11.8. The van der Waals surface area contributed by atoms with E-state index >= 15 is 0 Å². The molecule has 0 aromatic heterocycles. The van der Waals surface area contributed by atoms with Crippen molar-refractivity contribution in [3.8, 4) is 34.5 Å². The highest BCUT2D eigenvalue weighted by atomic mass is 16.5. The SMILES string of the molecule is COc1cc2c(cc1OC)C(=O)c1cc(OC)c(OC)cc1C(OC(C)=O)c1cc(OC)c(OC)cc1C2. The highest BCUT2D eigenvalue weighted by molar-refractivity contribution is 6.12. The predicted octanol–water partition coefficient (Wildman–Crippen LogP) is 4.53. The quantitative estimate of drug-likeness (QED) is 0.415. The van der Waals surface area contributed by atoms with Gasteiger partial charge in [0.2, 0.25) is 0 Å². The van der Waals surface area contributed by atoms with E-state index in [4.69, 9.17) is 33.2 Å². The molecule has 1 atom stereocenters. The molecule has 0 N–H and O–H groups in total.